The third-order valence-electron chi connectivity index (χ3n) is 4.91. The summed E-state index contributed by atoms with van der Waals surface area (Å²) >= 11 is 0.727. The lowest BCUT2D eigenvalue weighted by atomic mass is 10.2. The molecule has 2 N–H and O–H groups in total. The lowest BCUT2D eigenvalue weighted by Crippen LogP contribution is -2.16. The van der Waals surface area contributed by atoms with Crippen LogP contribution in [0, 0.1) is 5.82 Å². The highest BCUT2D eigenvalue weighted by molar-refractivity contribution is 7.12. The zero-order valence-corrected chi connectivity index (χ0v) is 17.9. The first-order valence-corrected chi connectivity index (χ1v) is 10.8. The van der Waals surface area contributed by atoms with Crippen molar-refractivity contribution in [1.29, 1.82) is 0 Å². The number of amides is 1. The van der Waals surface area contributed by atoms with Crippen molar-refractivity contribution in [3.8, 4) is 16.4 Å². The van der Waals surface area contributed by atoms with E-state index in [1.807, 2.05) is 0 Å². The fourth-order valence-electron chi connectivity index (χ4n) is 3.31. The van der Waals surface area contributed by atoms with Gasteiger partial charge in [0.15, 0.2) is 5.69 Å². The number of rotatable bonds is 3. The van der Waals surface area contributed by atoms with E-state index in [0.717, 1.165) is 51.4 Å². The molecule has 3 aromatic heterocycles. The highest BCUT2D eigenvalue weighted by Crippen LogP contribution is 2.31. The molecule has 1 aliphatic heterocycles. The van der Waals surface area contributed by atoms with E-state index in [-0.39, 0.29) is 16.6 Å². The van der Waals surface area contributed by atoms with Gasteiger partial charge < -0.3 is 10.3 Å². The number of hydrogen-bond donors (Lipinski definition) is 1. The van der Waals surface area contributed by atoms with Gasteiger partial charge in [-0.2, -0.15) is 18.3 Å². The molecule has 1 aromatic carbocycles. The Morgan fingerprint density at radius 1 is 1.09 bits per heavy atom. The Balaban J connectivity index is 0.000000157. The summed E-state index contributed by atoms with van der Waals surface area (Å²) < 4.78 is 53.0. The monoisotopic (exact) mass is 478 g/mol. The van der Waals surface area contributed by atoms with Crippen LogP contribution >= 0.6 is 11.3 Å². The molecule has 0 bridgehead atoms. The lowest BCUT2D eigenvalue weighted by Gasteiger charge is -2.11. The van der Waals surface area contributed by atoms with Crippen molar-refractivity contribution in [3.05, 3.63) is 71.1 Å². The van der Waals surface area contributed by atoms with Gasteiger partial charge in [0.1, 0.15) is 17.3 Å². The van der Waals surface area contributed by atoms with Crippen LogP contribution in [-0.4, -0.2) is 30.2 Å². The standard InChI is InChI=1S/C13H13FN2.C8H5F3N4OS/c14-11-6-4-10(5-7-11)12-9-16-8-2-1-3-13(16)15-12;9-8(10,11)5-3-17-7(14-5)15-4(6(12)16)1-2-13-15/h4-7,9H,1-3,8H2;1-3H,(H2,12,16). The van der Waals surface area contributed by atoms with Crippen LogP contribution in [0.25, 0.3) is 16.4 Å². The Morgan fingerprint density at radius 3 is 2.48 bits per heavy atom. The molecule has 0 aliphatic carbocycles. The average Bonchev–Trinajstić information content (AvgIpc) is 3.52. The van der Waals surface area contributed by atoms with Crippen molar-refractivity contribution < 1.29 is 22.4 Å². The Hall–Kier alpha value is -3.54. The fraction of sp³-hybridized carbons (Fsp3) is 0.238. The number of nitrogens with zero attached hydrogens (tertiary/aromatic N) is 5. The van der Waals surface area contributed by atoms with Crippen molar-refractivity contribution in [2.45, 2.75) is 32.0 Å². The number of primary amides is 1. The minimum Gasteiger partial charge on any atom is -0.364 e. The summed E-state index contributed by atoms with van der Waals surface area (Å²) in [6.07, 6.45) is 2.32. The number of benzene rings is 1. The molecule has 0 unspecified atom stereocenters. The van der Waals surface area contributed by atoms with Gasteiger partial charge in [-0.05, 0) is 43.2 Å². The number of halogens is 4. The molecule has 0 saturated heterocycles. The minimum absolute atomic E-state index is 0.0203. The number of aromatic nitrogens is 5. The van der Waals surface area contributed by atoms with Crippen molar-refractivity contribution in [3.63, 3.8) is 0 Å². The summed E-state index contributed by atoms with van der Waals surface area (Å²) in [6.45, 7) is 1.06. The quantitative estimate of drug-likeness (QED) is 0.440. The molecule has 1 amide bonds. The van der Waals surface area contributed by atoms with Gasteiger partial charge in [-0.1, -0.05) is 0 Å². The molecule has 5 rings (SSSR count). The van der Waals surface area contributed by atoms with E-state index in [0.29, 0.717) is 0 Å². The Kier molecular flexibility index (Phi) is 6.27. The van der Waals surface area contributed by atoms with E-state index in [1.165, 1.54) is 37.2 Å². The zero-order valence-electron chi connectivity index (χ0n) is 17.1. The molecule has 0 fully saturated rings. The van der Waals surface area contributed by atoms with E-state index in [9.17, 15) is 22.4 Å². The van der Waals surface area contributed by atoms with Crippen molar-refractivity contribution >= 4 is 17.2 Å². The van der Waals surface area contributed by atoms with Crippen LogP contribution in [0.5, 0.6) is 0 Å². The van der Waals surface area contributed by atoms with E-state index >= 15 is 0 Å². The number of hydrogen-bond acceptors (Lipinski definition) is 5. The Bertz CT molecular complexity index is 1240. The summed E-state index contributed by atoms with van der Waals surface area (Å²) in [5.74, 6) is 0.171. The van der Waals surface area contributed by atoms with Gasteiger partial charge >= 0.3 is 6.18 Å². The van der Waals surface area contributed by atoms with Gasteiger partial charge in [0, 0.05) is 30.1 Å². The van der Waals surface area contributed by atoms with Gasteiger partial charge in [-0.25, -0.2) is 19.0 Å². The maximum Gasteiger partial charge on any atom is 0.434 e. The molecule has 4 aromatic rings. The topological polar surface area (TPSA) is 91.6 Å². The summed E-state index contributed by atoms with van der Waals surface area (Å²) in [5.41, 5.74) is 5.94. The third kappa shape index (κ3) is 5.11. The number of nitrogens with two attached hydrogens (primary N) is 1. The molecule has 12 heteroatoms. The van der Waals surface area contributed by atoms with E-state index < -0.39 is 17.8 Å². The Morgan fingerprint density at radius 2 is 1.85 bits per heavy atom. The molecular weight excluding hydrogens is 460 g/mol. The van der Waals surface area contributed by atoms with Gasteiger partial charge in [0.2, 0.25) is 5.13 Å². The maximum absolute atomic E-state index is 12.8. The first-order valence-electron chi connectivity index (χ1n) is 9.91. The molecule has 1 aliphatic rings. The van der Waals surface area contributed by atoms with Crippen LogP contribution in [0.3, 0.4) is 0 Å². The first-order chi connectivity index (χ1) is 15.7. The molecule has 4 heterocycles. The number of thiazole rings is 1. The van der Waals surface area contributed by atoms with E-state index in [4.69, 9.17) is 5.73 Å². The predicted molar refractivity (Wildman–Crippen MR) is 113 cm³/mol. The molecular formula is C21H18F4N6OS. The van der Waals surface area contributed by atoms with Gasteiger partial charge in [-0.3, -0.25) is 4.79 Å². The van der Waals surface area contributed by atoms with Crippen molar-refractivity contribution in [1.82, 2.24) is 24.3 Å². The first kappa shape index (κ1) is 22.6. The highest BCUT2D eigenvalue weighted by atomic mass is 32.1. The number of alkyl halides is 3. The predicted octanol–water partition coefficient (Wildman–Crippen LogP) is 4.47. The second-order valence-electron chi connectivity index (χ2n) is 7.21. The number of aryl methyl sites for hydroxylation is 2. The van der Waals surface area contributed by atoms with Crippen LogP contribution < -0.4 is 5.73 Å². The number of imidazole rings is 1. The molecule has 7 nitrogen and oxygen atoms in total. The molecule has 0 saturated carbocycles. The van der Waals surface area contributed by atoms with E-state index in [1.54, 1.807) is 12.1 Å². The average molecular weight is 478 g/mol. The van der Waals surface area contributed by atoms with Crippen LogP contribution in [-0.2, 0) is 19.1 Å². The molecule has 33 heavy (non-hydrogen) atoms. The summed E-state index contributed by atoms with van der Waals surface area (Å²) in [4.78, 5) is 18.9. The van der Waals surface area contributed by atoms with Crippen molar-refractivity contribution in [2.24, 2.45) is 5.73 Å². The van der Waals surface area contributed by atoms with Gasteiger partial charge in [0.05, 0.1) is 11.9 Å². The second-order valence-corrected chi connectivity index (χ2v) is 8.04. The number of fused-ring (bicyclic) bond motifs is 1. The summed E-state index contributed by atoms with van der Waals surface area (Å²) in [6, 6.07) is 7.83. The van der Waals surface area contributed by atoms with Crippen molar-refractivity contribution in [2.75, 3.05) is 0 Å². The van der Waals surface area contributed by atoms with Crippen LogP contribution in [0.2, 0.25) is 0 Å². The Labute approximate surface area is 189 Å². The third-order valence-corrected chi connectivity index (χ3v) is 5.72. The summed E-state index contributed by atoms with van der Waals surface area (Å²) in [7, 11) is 0. The van der Waals surface area contributed by atoms with Crippen LogP contribution in [0.1, 0.15) is 34.8 Å². The van der Waals surface area contributed by atoms with E-state index in [2.05, 4.69) is 25.8 Å². The normalized spacial score (nSPS) is 13.2. The summed E-state index contributed by atoms with van der Waals surface area (Å²) in [5, 5.41) is 4.49. The molecule has 0 radical (unpaired) electrons. The van der Waals surface area contributed by atoms with Gasteiger partial charge in [0.25, 0.3) is 5.91 Å². The maximum atomic E-state index is 12.8. The minimum atomic E-state index is -4.52. The second kappa shape index (κ2) is 9.14. The highest BCUT2D eigenvalue weighted by Gasteiger charge is 2.34. The van der Waals surface area contributed by atoms with Gasteiger partial charge in [-0.15, -0.1) is 11.3 Å². The van der Waals surface area contributed by atoms with Crippen LogP contribution in [0.15, 0.2) is 48.1 Å². The SMILES string of the molecule is Fc1ccc(-c2cn3c(n2)CCCC3)cc1.NC(=O)c1ccnn1-c1nc(C(F)(F)F)cs1. The number of carbonyl (C=O) groups is 1. The largest absolute Gasteiger partial charge is 0.434 e. The molecule has 0 atom stereocenters. The smallest absolute Gasteiger partial charge is 0.364 e. The fourth-order valence-corrected chi connectivity index (χ4v) is 4.11. The molecule has 172 valence electrons. The van der Waals surface area contributed by atoms with Crippen LogP contribution in [0.4, 0.5) is 17.6 Å². The zero-order chi connectivity index (χ0) is 23.6. The lowest BCUT2D eigenvalue weighted by molar-refractivity contribution is -0.140. The molecule has 0 spiro atoms. The number of carbonyl (C=O) groups excluding carboxylic acids is 1.